The summed E-state index contributed by atoms with van der Waals surface area (Å²) in [6.45, 7) is 4.50. The van der Waals surface area contributed by atoms with Crippen LogP contribution in [0.3, 0.4) is 0 Å². The van der Waals surface area contributed by atoms with Crippen LogP contribution in [0.1, 0.15) is 31.9 Å². The van der Waals surface area contributed by atoms with Gasteiger partial charge in [-0.05, 0) is 19.2 Å². The van der Waals surface area contributed by atoms with Crippen molar-refractivity contribution in [3.8, 4) is 5.75 Å². The molecule has 0 spiro atoms. The maximum atomic E-state index is 11.5. The zero-order chi connectivity index (χ0) is 15.2. The Balaban J connectivity index is 2.23. The van der Waals surface area contributed by atoms with E-state index in [9.17, 15) is 9.90 Å². The van der Waals surface area contributed by atoms with Gasteiger partial charge < -0.3 is 15.2 Å². The van der Waals surface area contributed by atoms with E-state index in [-0.39, 0.29) is 5.91 Å². The molecule has 4 heteroatoms. The van der Waals surface area contributed by atoms with Crippen molar-refractivity contribution in [2.45, 2.75) is 26.4 Å². The lowest BCUT2D eigenvalue weighted by molar-refractivity contribution is -0.121. The molecule has 0 bridgehead atoms. The zero-order valence-electron chi connectivity index (χ0n) is 12.4. The van der Waals surface area contributed by atoms with Gasteiger partial charge in [-0.25, -0.2) is 0 Å². The molecule has 4 nitrogen and oxygen atoms in total. The monoisotopic (exact) mass is 287 g/mol. The van der Waals surface area contributed by atoms with Gasteiger partial charge in [-0.15, -0.1) is 0 Å². The van der Waals surface area contributed by atoms with Crippen molar-refractivity contribution in [1.82, 2.24) is 5.32 Å². The van der Waals surface area contributed by atoms with Crippen LogP contribution in [0.15, 0.2) is 36.4 Å². The largest absolute Gasteiger partial charge is 0.492 e. The van der Waals surface area contributed by atoms with Crippen LogP contribution >= 0.6 is 0 Å². The van der Waals surface area contributed by atoms with E-state index < -0.39 is 6.10 Å². The lowest BCUT2D eigenvalue weighted by Gasteiger charge is -2.16. The Morgan fingerprint density at radius 2 is 2.05 bits per heavy atom. The van der Waals surface area contributed by atoms with Crippen LogP contribution in [0.5, 0.6) is 5.75 Å². The van der Waals surface area contributed by atoms with Crippen molar-refractivity contribution in [3.63, 3.8) is 0 Å². The number of carbonyl (C=O) groups excluding carboxylic acids is 1. The lowest BCUT2D eigenvalue weighted by Crippen LogP contribution is -2.24. The molecule has 2 aromatic rings. The fourth-order valence-electron chi connectivity index (χ4n) is 2.28. The molecule has 0 heterocycles. The molecular weight excluding hydrogens is 266 g/mol. The number of hydrogen-bond donors (Lipinski definition) is 2. The summed E-state index contributed by atoms with van der Waals surface area (Å²) in [7, 11) is 0. The summed E-state index contributed by atoms with van der Waals surface area (Å²) >= 11 is 0. The number of carbonyl (C=O) groups is 1. The minimum Gasteiger partial charge on any atom is -0.492 e. The van der Waals surface area contributed by atoms with Crippen LogP contribution in [0.25, 0.3) is 10.8 Å². The van der Waals surface area contributed by atoms with Crippen molar-refractivity contribution in [2.24, 2.45) is 0 Å². The molecule has 0 saturated carbocycles. The predicted molar refractivity (Wildman–Crippen MR) is 83.4 cm³/mol. The van der Waals surface area contributed by atoms with Crippen LogP contribution in [0.4, 0.5) is 0 Å². The highest BCUT2D eigenvalue weighted by Crippen LogP contribution is 2.33. The molecule has 0 aliphatic heterocycles. The summed E-state index contributed by atoms with van der Waals surface area (Å²) in [5.74, 6) is 0.628. The summed E-state index contributed by atoms with van der Waals surface area (Å²) < 4.78 is 5.81. The molecular formula is C17H21NO3. The summed E-state index contributed by atoms with van der Waals surface area (Å²) in [6.07, 6.45) is -0.315. The molecule has 0 aliphatic rings. The Morgan fingerprint density at radius 3 is 2.76 bits per heavy atom. The maximum Gasteiger partial charge on any atom is 0.223 e. The van der Waals surface area contributed by atoms with E-state index in [1.54, 1.807) is 6.92 Å². The van der Waals surface area contributed by atoms with Crippen molar-refractivity contribution >= 4 is 16.7 Å². The minimum atomic E-state index is -0.617. The molecule has 112 valence electrons. The predicted octanol–water partition coefficient (Wildman–Crippen LogP) is 2.80. The number of aliphatic hydroxyl groups excluding tert-OH is 1. The van der Waals surface area contributed by atoms with E-state index in [0.717, 1.165) is 16.3 Å². The normalized spacial score (nSPS) is 12.1. The topological polar surface area (TPSA) is 58.6 Å². The summed E-state index contributed by atoms with van der Waals surface area (Å²) in [4.78, 5) is 11.5. The summed E-state index contributed by atoms with van der Waals surface area (Å²) in [5.41, 5.74) is 0.740. The molecule has 0 saturated heterocycles. The Hall–Kier alpha value is -2.07. The Bertz CT molecular complexity index is 622. The van der Waals surface area contributed by atoms with Crippen molar-refractivity contribution in [3.05, 3.63) is 42.0 Å². The van der Waals surface area contributed by atoms with E-state index in [1.165, 1.54) is 0 Å². The van der Waals surface area contributed by atoms with Gasteiger partial charge >= 0.3 is 0 Å². The molecule has 1 amide bonds. The smallest absolute Gasteiger partial charge is 0.223 e. The third-order valence-corrected chi connectivity index (χ3v) is 3.31. The van der Waals surface area contributed by atoms with Gasteiger partial charge in [0.2, 0.25) is 5.91 Å². The summed E-state index contributed by atoms with van der Waals surface area (Å²) in [6, 6.07) is 11.7. The van der Waals surface area contributed by atoms with Gasteiger partial charge in [-0.2, -0.15) is 0 Å². The van der Waals surface area contributed by atoms with Crippen LogP contribution in [0.2, 0.25) is 0 Å². The third-order valence-electron chi connectivity index (χ3n) is 3.31. The molecule has 1 atom stereocenters. The Kier molecular flexibility index (Phi) is 5.17. The highest BCUT2D eigenvalue weighted by molar-refractivity contribution is 5.89. The van der Waals surface area contributed by atoms with Crippen LogP contribution in [-0.4, -0.2) is 24.2 Å². The first-order valence-electron chi connectivity index (χ1n) is 7.22. The number of benzene rings is 2. The number of fused-ring (bicyclic) bond motifs is 1. The molecule has 0 fully saturated rings. The number of amides is 1. The maximum absolute atomic E-state index is 11.5. The first-order chi connectivity index (χ1) is 10.1. The first kappa shape index (κ1) is 15.3. The fourth-order valence-corrected chi connectivity index (χ4v) is 2.28. The standard InChI is InChI=1S/C17H21NO3/c1-3-18-16(20)10-11-21-17-14(12(2)19)9-8-13-6-4-5-7-15(13)17/h4-9,12,19H,3,10-11H2,1-2H3,(H,18,20)/t12-/m0/s1. The SMILES string of the molecule is CCNC(=O)CCOc1c([C@H](C)O)ccc2ccccc12. The Labute approximate surface area is 124 Å². The van der Waals surface area contributed by atoms with Gasteiger partial charge in [0.1, 0.15) is 5.75 Å². The molecule has 0 unspecified atom stereocenters. The molecule has 0 aliphatic carbocycles. The average Bonchev–Trinajstić information content (AvgIpc) is 2.47. The van der Waals surface area contributed by atoms with Gasteiger partial charge in [-0.3, -0.25) is 4.79 Å². The van der Waals surface area contributed by atoms with Crippen LogP contribution < -0.4 is 10.1 Å². The highest BCUT2D eigenvalue weighted by Gasteiger charge is 2.13. The van der Waals surface area contributed by atoms with Crippen LogP contribution in [0, 0.1) is 0 Å². The number of nitrogens with one attached hydrogen (secondary N) is 1. The quantitative estimate of drug-likeness (QED) is 0.859. The summed E-state index contributed by atoms with van der Waals surface area (Å²) in [5, 5.41) is 14.6. The van der Waals surface area contributed by atoms with Crippen molar-refractivity contribution in [1.29, 1.82) is 0 Å². The van der Waals surface area contributed by atoms with Gasteiger partial charge in [0.25, 0.3) is 0 Å². The number of hydrogen-bond acceptors (Lipinski definition) is 3. The molecule has 21 heavy (non-hydrogen) atoms. The van der Waals surface area contributed by atoms with E-state index in [4.69, 9.17) is 4.74 Å². The van der Waals surface area contributed by atoms with E-state index >= 15 is 0 Å². The fraction of sp³-hybridized carbons (Fsp3) is 0.353. The van der Waals surface area contributed by atoms with Gasteiger partial charge in [-0.1, -0.05) is 36.4 Å². The number of rotatable bonds is 6. The van der Waals surface area contributed by atoms with E-state index in [1.807, 2.05) is 43.3 Å². The number of aliphatic hydroxyl groups is 1. The second-order valence-corrected chi connectivity index (χ2v) is 4.93. The molecule has 0 radical (unpaired) electrons. The van der Waals surface area contributed by atoms with Crippen molar-refractivity contribution in [2.75, 3.05) is 13.2 Å². The molecule has 0 aromatic heterocycles. The van der Waals surface area contributed by atoms with E-state index in [0.29, 0.717) is 25.3 Å². The first-order valence-corrected chi connectivity index (χ1v) is 7.22. The van der Waals surface area contributed by atoms with Gasteiger partial charge in [0.05, 0.1) is 19.1 Å². The molecule has 2 N–H and O–H groups in total. The lowest BCUT2D eigenvalue weighted by atomic mass is 10.0. The molecule has 2 aromatic carbocycles. The van der Waals surface area contributed by atoms with Crippen molar-refractivity contribution < 1.29 is 14.6 Å². The Morgan fingerprint density at radius 1 is 1.29 bits per heavy atom. The third kappa shape index (κ3) is 3.73. The van der Waals surface area contributed by atoms with E-state index in [2.05, 4.69) is 5.32 Å². The minimum absolute atomic E-state index is 0.0312. The second-order valence-electron chi connectivity index (χ2n) is 4.93. The zero-order valence-corrected chi connectivity index (χ0v) is 12.4. The van der Waals surface area contributed by atoms with Crippen LogP contribution in [-0.2, 0) is 4.79 Å². The van der Waals surface area contributed by atoms with Gasteiger partial charge in [0.15, 0.2) is 0 Å². The van der Waals surface area contributed by atoms with Gasteiger partial charge in [0, 0.05) is 17.5 Å². The average molecular weight is 287 g/mol. The highest BCUT2D eigenvalue weighted by atomic mass is 16.5. The number of ether oxygens (including phenoxy) is 1. The second kappa shape index (κ2) is 7.09. The molecule has 2 rings (SSSR count).